The van der Waals surface area contributed by atoms with E-state index in [2.05, 4.69) is 6.92 Å². The first kappa shape index (κ1) is 13.4. The zero-order valence-corrected chi connectivity index (χ0v) is 11.0. The molecular weight excluding hydrogens is 241 g/mol. The Balaban J connectivity index is 1.98. The predicted octanol–water partition coefficient (Wildman–Crippen LogP) is 3.94. The van der Waals surface area contributed by atoms with Crippen molar-refractivity contribution in [2.24, 2.45) is 0 Å². The zero-order valence-electron chi connectivity index (χ0n) is 11.0. The fourth-order valence-electron chi connectivity index (χ4n) is 1.88. The summed E-state index contributed by atoms with van der Waals surface area (Å²) in [6.07, 6.45) is 2.18. The second kappa shape index (κ2) is 6.23. The van der Waals surface area contributed by atoms with E-state index in [0.29, 0.717) is 11.3 Å². The van der Waals surface area contributed by atoms with E-state index in [4.69, 9.17) is 10.5 Å². The van der Waals surface area contributed by atoms with Crippen LogP contribution < -0.4 is 10.5 Å². The van der Waals surface area contributed by atoms with E-state index in [1.165, 1.54) is 11.6 Å². The maximum Gasteiger partial charge on any atom is 0.131 e. The Morgan fingerprint density at radius 3 is 2.47 bits per heavy atom. The number of nitrogen functional groups attached to an aromatic ring is 1. The third kappa shape index (κ3) is 3.71. The van der Waals surface area contributed by atoms with E-state index in [9.17, 15) is 4.39 Å². The van der Waals surface area contributed by atoms with Crippen molar-refractivity contribution >= 4 is 5.69 Å². The van der Waals surface area contributed by atoms with Crippen LogP contribution in [0, 0.1) is 5.82 Å². The summed E-state index contributed by atoms with van der Waals surface area (Å²) in [5, 5.41) is 0. The summed E-state index contributed by atoms with van der Waals surface area (Å²) in [5.74, 6) is 0.415. The largest absolute Gasteiger partial charge is 0.489 e. The molecule has 0 atom stereocenters. The molecule has 0 heterocycles. The van der Waals surface area contributed by atoms with Crippen LogP contribution in [0.4, 0.5) is 10.1 Å². The average Bonchev–Trinajstić information content (AvgIpc) is 2.40. The molecule has 2 aromatic carbocycles. The first-order chi connectivity index (χ1) is 9.19. The highest BCUT2D eigenvalue weighted by atomic mass is 19.1. The number of hydrogen-bond donors (Lipinski definition) is 1. The van der Waals surface area contributed by atoms with Gasteiger partial charge in [-0.1, -0.05) is 31.5 Å². The Morgan fingerprint density at radius 2 is 1.84 bits per heavy atom. The van der Waals surface area contributed by atoms with Gasteiger partial charge in [-0.3, -0.25) is 0 Å². The van der Waals surface area contributed by atoms with Crippen molar-refractivity contribution in [2.45, 2.75) is 26.4 Å². The lowest BCUT2D eigenvalue weighted by molar-refractivity contribution is 0.300. The van der Waals surface area contributed by atoms with Gasteiger partial charge in [0.25, 0.3) is 0 Å². The van der Waals surface area contributed by atoms with Crippen molar-refractivity contribution in [2.75, 3.05) is 5.73 Å². The zero-order chi connectivity index (χ0) is 13.7. The van der Waals surface area contributed by atoms with Gasteiger partial charge in [0.2, 0.25) is 0 Å². The first-order valence-electron chi connectivity index (χ1n) is 6.44. The monoisotopic (exact) mass is 259 g/mol. The molecule has 0 amide bonds. The van der Waals surface area contributed by atoms with Crippen molar-refractivity contribution < 1.29 is 9.13 Å². The fraction of sp³-hybridized carbons (Fsp3) is 0.250. The van der Waals surface area contributed by atoms with Crippen molar-refractivity contribution in [3.8, 4) is 5.75 Å². The minimum absolute atomic E-state index is 0.208. The molecule has 0 aromatic heterocycles. The predicted molar refractivity (Wildman–Crippen MR) is 75.6 cm³/mol. The standard InChI is InChI=1S/C16H18FNO/c1-2-3-12-4-8-15(9-5-12)19-11-13-6-7-14(18)10-16(13)17/h4-10H,2-3,11,18H2,1H3. The lowest BCUT2D eigenvalue weighted by Gasteiger charge is -2.08. The molecule has 0 aliphatic carbocycles. The van der Waals surface area contributed by atoms with Gasteiger partial charge in [0.05, 0.1) is 0 Å². The third-order valence-electron chi connectivity index (χ3n) is 2.93. The topological polar surface area (TPSA) is 35.2 Å². The Labute approximate surface area is 113 Å². The minimum atomic E-state index is -0.331. The van der Waals surface area contributed by atoms with Gasteiger partial charge in [-0.05, 0) is 36.2 Å². The molecule has 0 radical (unpaired) electrons. The molecule has 19 heavy (non-hydrogen) atoms. The van der Waals surface area contributed by atoms with Crippen LogP contribution in [0.2, 0.25) is 0 Å². The molecular formula is C16H18FNO. The number of aryl methyl sites for hydroxylation is 1. The molecule has 2 aromatic rings. The normalized spacial score (nSPS) is 10.4. The summed E-state index contributed by atoms with van der Waals surface area (Å²) in [7, 11) is 0. The van der Waals surface area contributed by atoms with Gasteiger partial charge in [0.15, 0.2) is 0 Å². The van der Waals surface area contributed by atoms with Crippen molar-refractivity contribution in [1.82, 2.24) is 0 Å². The highest BCUT2D eigenvalue weighted by molar-refractivity contribution is 5.40. The maximum absolute atomic E-state index is 13.6. The smallest absolute Gasteiger partial charge is 0.131 e. The molecule has 0 aliphatic heterocycles. The van der Waals surface area contributed by atoms with Gasteiger partial charge in [-0.15, -0.1) is 0 Å². The molecule has 3 heteroatoms. The molecule has 100 valence electrons. The summed E-state index contributed by atoms with van der Waals surface area (Å²) in [5.41, 5.74) is 7.71. The fourth-order valence-corrected chi connectivity index (χ4v) is 1.88. The second-order valence-electron chi connectivity index (χ2n) is 4.53. The first-order valence-corrected chi connectivity index (χ1v) is 6.44. The summed E-state index contributed by atoms with van der Waals surface area (Å²) in [6.45, 7) is 2.35. The van der Waals surface area contributed by atoms with E-state index in [-0.39, 0.29) is 12.4 Å². The van der Waals surface area contributed by atoms with E-state index in [0.717, 1.165) is 18.6 Å². The molecule has 2 rings (SSSR count). The highest BCUT2D eigenvalue weighted by Gasteiger charge is 2.03. The van der Waals surface area contributed by atoms with Gasteiger partial charge >= 0.3 is 0 Å². The lowest BCUT2D eigenvalue weighted by Crippen LogP contribution is -1.99. The quantitative estimate of drug-likeness (QED) is 0.825. The second-order valence-corrected chi connectivity index (χ2v) is 4.53. The van der Waals surface area contributed by atoms with Crippen molar-refractivity contribution in [1.29, 1.82) is 0 Å². The number of rotatable bonds is 5. The van der Waals surface area contributed by atoms with Gasteiger partial charge in [-0.25, -0.2) is 4.39 Å². The van der Waals surface area contributed by atoms with Crippen LogP contribution in [-0.4, -0.2) is 0 Å². The highest BCUT2D eigenvalue weighted by Crippen LogP contribution is 2.17. The van der Waals surface area contributed by atoms with Gasteiger partial charge in [0.1, 0.15) is 18.2 Å². The number of anilines is 1. The maximum atomic E-state index is 13.6. The number of benzene rings is 2. The van der Waals surface area contributed by atoms with Crippen molar-refractivity contribution in [3.05, 3.63) is 59.4 Å². The minimum Gasteiger partial charge on any atom is -0.489 e. The van der Waals surface area contributed by atoms with Crippen LogP contribution in [0.3, 0.4) is 0 Å². The number of hydrogen-bond acceptors (Lipinski definition) is 2. The molecule has 0 saturated carbocycles. The third-order valence-corrected chi connectivity index (χ3v) is 2.93. The Bertz CT molecular complexity index is 537. The molecule has 0 spiro atoms. The van der Waals surface area contributed by atoms with E-state index >= 15 is 0 Å². The van der Waals surface area contributed by atoms with E-state index < -0.39 is 0 Å². The molecule has 0 saturated heterocycles. The summed E-state index contributed by atoms with van der Waals surface area (Å²) in [6, 6.07) is 12.5. The Kier molecular flexibility index (Phi) is 4.39. The molecule has 0 fully saturated rings. The summed E-state index contributed by atoms with van der Waals surface area (Å²) < 4.78 is 19.1. The number of nitrogens with two attached hydrogens (primary N) is 1. The number of ether oxygens (including phenoxy) is 1. The van der Waals surface area contributed by atoms with Crippen LogP contribution in [0.25, 0.3) is 0 Å². The van der Waals surface area contributed by atoms with Gasteiger partial charge in [0, 0.05) is 11.3 Å². The van der Waals surface area contributed by atoms with Crippen LogP contribution in [0.1, 0.15) is 24.5 Å². The SMILES string of the molecule is CCCc1ccc(OCc2ccc(N)cc2F)cc1. The van der Waals surface area contributed by atoms with Gasteiger partial charge in [-0.2, -0.15) is 0 Å². The molecule has 2 N–H and O–H groups in total. The van der Waals surface area contributed by atoms with Crippen LogP contribution >= 0.6 is 0 Å². The lowest BCUT2D eigenvalue weighted by atomic mass is 10.1. The van der Waals surface area contributed by atoms with Crippen molar-refractivity contribution in [3.63, 3.8) is 0 Å². The van der Waals surface area contributed by atoms with Gasteiger partial charge < -0.3 is 10.5 Å². The molecule has 0 bridgehead atoms. The molecule has 2 nitrogen and oxygen atoms in total. The van der Waals surface area contributed by atoms with Crippen LogP contribution in [0.15, 0.2) is 42.5 Å². The molecule has 0 unspecified atom stereocenters. The summed E-state index contributed by atoms with van der Waals surface area (Å²) in [4.78, 5) is 0. The molecule has 0 aliphatic rings. The van der Waals surface area contributed by atoms with E-state index in [1.807, 2.05) is 24.3 Å². The Hall–Kier alpha value is -2.03. The average molecular weight is 259 g/mol. The number of halogens is 1. The van der Waals surface area contributed by atoms with Crippen LogP contribution in [0.5, 0.6) is 5.75 Å². The Morgan fingerprint density at radius 1 is 1.11 bits per heavy atom. The van der Waals surface area contributed by atoms with E-state index in [1.54, 1.807) is 12.1 Å². The summed E-state index contributed by atoms with van der Waals surface area (Å²) >= 11 is 0. The van der Waals surface area contributed by atoms with Crippen LogP contribution in [-0.2, 0) is 13.0 Å².